The first-order valence-electron chi connectivity index (χ1n) is 8.97. The van der Waals surface area contributed by atoms with Gasteiger partial charge in [0.15, 0.2) is 0 Å². The van der Waals surface area contributed by atoms with Crippen LogP contribution in [0.2, 0.25) is 0 Å². The number of hydrogen-bond acceptors (Lipinski definition) is 4. The highest BCUT2D eigenvalue weighted by Gasteiger charge is 2.34. The average Bonchev–Trinajstić information content (AvgIpc) is 3.38. The van der Waals surface area contributed by atoms with Crippen molar-refractivity contribution in [3.05, 3.63) is 72.3 Å². The zero-order valence-electron chi connectivity index (χ0n) is 14.7. The minimum atomic E-state index is -3.68. The van der Waals surface area contributed by atoms with Gasteiger partial charge in [-0.05, 0) is 41.8 Å². The number of benzene rings is 2. The molecule has 1 aromatic heterocycles. The highest BCUT2D eigenvalue weighted by molar-refractivity contribution is 7.92. The molecule has 0 aliphatic carbocycles. The Bertz CT molecular complexity index is 1090. The Morgan fingerprint density at radius 1 is 1.11 bits per heavy atom. The van der Waals surface area contributed by atoms with E-state index < -0.39 is 10.0 Å². The molecule has 0 saturated heterocycles. The Morgan fingerprint density at radius 3 is 2.85 bits per heavy atom. The molecule has 0 N–H and O–H groups in total. The Kier molecular flexibility index (Phi) is 3.72. The SMILES string of the molecule is O=S(=O)(c1ccc2c(c1)CCO2)N1CC(n2ccnc2)Cc2ccccc21. The Hall–Kier alpha value is -2.80. The molecule has 2 aliphatic heterocycles. The van der Waals surface area contributed by atoms with Gasteiger partial charge in [-0.1, -0.05) is 18.2 Å². The minimum Gasteiger partial charge on any atom is -0.493 e. The van der Waals surface area contributed by atoms with Gasteiger partial charge in [0.1, 0.15) is 5.75 Å². The first-order chi connectivity index (χ1) is 13.1. The van der Waals surface area contributed by atoms with Crippen LogP contribution in [0.1, 0.15) is 17.2 Å². The van der Waals surface area contributed by atoms with E-state index in [0.29, 0.717) is 18.0 Å². The summed E-state index contributed by atoms with van der Waals surface area (Å²) in [5, 5.41) is 0. The molecule has 3 heterocycles. The lowest BCUT2D eigenvalue weighted by molar-refractivity contribution is 0.356. The largest absolute Gasteiger partial charge is 0.493 e. The zero-order valence-corrected chi connectivity index (χ0v) is 15.5. The van der Waals surface area contributed by atoms with Crippen molar-refractivity contribution >= 4 is 15.7 Å². The zero-order chi connectivity index (χ0) is 18.4. The van der Waals surface area contributed by atoms with Crippen molar-refractivity contribution in [3.8, 4) is 5.75 Å². The lowest BCUT2D eigenvalue weighted by Gasteiger charge is -2.35. The first-order valence-corrected chi connectivity index (χ1v) is 10.4. The van der Waals surface area contributed by atoms with Crippen LogP contribution < -0.4 is 9.04 Å². The molecule has 0 spiro atoms. The summed E-state index contributed by atoms with van der Waals surface area (Å²) < 4.78 is 36.1. The highest BCUT2D eigenvalue weighted by Crippen LogP contribution is 2.37. The predicted octanol–water partition coefficient (Wildman–Crippen LogP) is 2.81. The number of nitrogens with zero attached hydrogens (tertiary/aromatic N) is 3. The fourth-order valence-corrected chi connectivity index (χ4v) is 5.49. The van der Waals surface area contributed by atoms with Gasteiger partial charge in [0.25, 0.3) is 10.0 Å². The lowest BCUT2D eigenvalue weighted by Crippen LogP contribution is -2.40. The third-order valence-corrected chi connectivity index (χ3v) is 7.06. The van der Waals surface area contributed by atoms with Crippen LogP contribution in [0.4, 0.5) is 5.69 Å². The maximum atomic E-state index is 13.5. The highest BCUT2D eigenvalue weighted by atomic mass is 32.2. The van der Waals surface area contributed by atoms with Crippen LogP contribution in [0.3, 0.4) is 0 Å². The van der Waals surface area contributed by atoms with E-state index in [1.54, 1.807) is 30.7 Å². The van der Waals surface area contributed by atoms with Crippen molar-refractivity contribution < 1.29 is 13.2 Å². The molecule has 5 rings (SSSR count). The summed E-state index contributed by atoms with van der Waals surface area (Å²) in [5.41, 5.74) is 2.73. The quantitative estimate of drug-likeness (QED) is 0.700. The summed E-state index contributed by atoms with van der Waals surface area (Å²) in [6, 6.07) is 12.9. The van der Waals surface area contributed by atoms with E-state index in [1.165, 1.54) is 4.31 Å². The summed E-state index contributed by atoms with van der Waals surface area (Å²) in [7, 11) is -3.68. The third-order valence-electron chi connectivity index (χ3n) is 5.29. The van der Waals surface area contributed by atoms with Gasteiger partial charge < -0.3 is 9.30 Å². The van der Waals surface area contributed by atoms with Gasteiger partial charge in [-0.2, -0.15) is 0 Å². The Morgan fingerprint density at radius 2 is 2.00 bits per heavy atom. The number of hydrogen-bond donors (Lipinski definition) is 0. The summed E-state index contributed by atoms with van der Waals surface area (Å²) >= 11 is 0. The Balaban J connectivity index is 1.59. The summed E-state index contributed by atoms with van der Waals surface area (Å²) in [4.78, 5) is 4.43. The van der Waals surface area contributed by atoms with E-state index in [9.17, 15) is 8.42 Å². The van der Waals surface area contributed by atoms with Gasteiger partial charge in [-0.15, -0.1) is 0 Å². The molecule has 3 aromatic rings. The number of anilines is 1. The fraction of sp³-hybridized carbons (Fsp3) is 0.250. The maximum Gasteiger partial charge on any atom is 0.264 e. The summed E-state index contributed by atoms with van der Waals surface area (Å²) in [6.07, 6.45) is 6.87. The topological polar surface area (TPSA) is 64.4 Å². The van der Waals surface area contributed by atoms with Gasteiger partial charge in [-0.3, -0.25) is 4.31 Å². The minimum absolute atomic E-state index is 0.00920. The van der Waals surface area contributed by atoms with Crippen LogP contribution in [0.5, 0.6) is 5.75 Å². The predicted molar refractivity (Wildman–Crippen MR) is 102 cm³/mol. The van der Waals surface area contributed by atoms with Crippen LogP contribution in [0.15, 0.2) is 66.1 Å². The van der Waals surface area contributed by atoms with Gasteiger partial charge >= 0.3 is 0 Å². The van der Waals surface area contributed by atoms with Crippen molar-refractivity contribution in [1.29, 1.82) is 0 Å². The fourth-order valence-electron chi connectivity index (χ4n) is 3.90. The maximum absolute atomic E-state index is 13.5. The van der Waals surface area contributed by atoms with E-state index in [-0.39, 0.29) is 6.04 Å². The van der Waals surface area contributed by atoms with E-state index >= 15 is 0 Å². The van der Waals surface area contributed by atoms with Crippen LogP contribution in [-0.4, -0.2) is 31.1 Å². The number of ether oxygens (including phenoxy) is 1. The van der Waals surface area contributed by atoms with Gasteiger partial charge in [-0.25, -0.2) is 13.4 Å². The second kappa shape index (κ2) is 6.13. The van der Waals surface area contributed by atoms with Gasteiger partial charge in [0.2, 0.25) is 0 Å². The smallest absolute Gasteiger partial charge is 0.264 e. The van der Waals surface area contributed by atoms with Crippen LogP contribution in [0.25, 0.3) is 0 Å². The molecule has 2 aliphatic rings. The van der Waals surface area contributed by atoms with Gasteiger partial charge in [0, 0.05) is 18.8 Å². The van der Waals surface area contributed by atoms with Crippen molar-refractivity contribution in [3.63, 3.8) is 0 Å². The number of rotatable bonds is 3. The van der Waals surface area contributed by atoms with Crippen molar-refractivity contribution in [2.24, 2.45) is 0 Å². The molecule has 6 nitrogen and oxygen atoms in total. The molecule has 0 fully saturated rings. The second-order valence-electron chi connectivity index (χ2n) is 6.90. The second-order valence-corrected chi connectivity index (χ2v) is 8.76. The molecule has 1 atom stereocenters. The third kappa shape index (κ3) is 2.70. The molecule has 0 amide bonds. The van der Waals surface area contributed by atoms with Crippen molar-refractivity contribution in [2.45, 2.75) is 23.8 Å². The number of sulfonamides is 1. The molecule has 2 aromatic carbocycles. The molecule has 7 heteroatoms. The monoisotopic (exact) mass is 381 g/mol. The first kappa shape index (κ1) is 16.4. The van der Waals surface area contributed by atoms with Crippen molar-refractivity contribution in [1.82, 2.24) is 9.55 Å². The normalized spacial score (nSPS) is 18.7. The van der Waals surface area contributed by atoms with E-state index in [0.717, 1.165) is 35.4 Å². The average molecular weight is 381 g/mol. The molecule has 27 heavy (non-hydrogen) atoms. The Labute approximate surface area is 158 Å². The van der Waals surface area contributed by atoms with E-state index in [2.05, 4.69) is 4.98 Å². The molecule has 1 unspecified atom stereocenters. The lowest BCUT2D eigenvalue weighted by atomic mass is 10.00. The number of imidazole rings is 1. The number of para-hydroxylation sites is 1. The van der Waals surface area contributed by atoms with Crippen molar-refractivity contribution in [2.75, 3.05) is 17.5 Å². The number of aromatic nitrogens is 2. The number of fused-ring (bicyclic) bond motifs is 2. The van der Waals surface area contributed by atoms with Crippen LogP contribution in [0, 0.1) is 0 Å². The molecule has 0 bridgehead atoms. The molecule has 0 radical (unpaired) electrons. The standard InChI is InChI=1S/C20H19N3O3S/c24-27(25,18-5-6-20-16(12-18)7-10-26-20)23-13-17(22-9-8-21-14-22)11-15-3-1-2-4-19(15)23/h1-6,8-9,12,14,17H,7,10-11,13H2. The van der Waals surface area contributed by atoms with E-state index in [4.69, 9.17) is 4.74 Å². The molecule has 0 saturated carbocycles. The molecular formula is C20H19N3O3S. The summed E-state index contributed by atoms with van der Waals surface area (Å²) in [5.74, 6) is 0.782. The van der Waals surface area contributed by atoms with Crippen LogP contribution >= 0.6 is 0 Å². The van der Waals surface area contributed by atoms with E-state index in [1.807, 2.05) is 35.0 Å². The summed E-state index contributed by atoms with van der Waals surface area (Å²) in [6.45, 7) is 0.984. The van der Waals surface area contributed by atoms with Crippen LogP contribution in [-0.2, 0) is 22.9 Å². The molecule has 138 valence electrons. The van der Waals surface area contributed by atoms with Gasteiger partial charge in [0.05, 0.1) is 36.1 Å². The molecular weight excluding hydrogens is 362 g/mol.